The van der Waals surface area contributed by atoms with Gasteiger partial charge in [-0.25, -0.2) is 0 Å². The number of ether oxygens (including phenoxy) is 4. The molecule has 0 aliphatic heterocycles. The van der Waals surface area contributed by atoms with E-state index in [0.717, 1.165) is 13.0 Å². The molecule has 0 fully saturated rings. The molecule has 0 radical (unpaired) electrons. The Bertz CT molecular complexity index is 181. The summed E-state index contributed by atoms with van der Waals surface area (Å²) in [6.07, 6.45) is 1.28. The van der Waals surface area contributed by atoms with Crippen molar-refractivity contribution in [3.8, 4) is 0 Å². The summed E-state index contributed by atoms with van der Waals surface area (Å²) in [5.41, 5.74) is 0. The highest BCUT2D eigenvalue weighted by Gasteiger charge is 2.07. The van der Waals surface area contributed by atoms with Gasteiger partial charge in [-0.3, -0.25) is 0 Å². The highest BCUT2D eigenvalue weighted by atomic mass is 16.6. The van der Waals surface area contributed by atoms with Crippen LogP contribution < -0.4 is 5.32 Å². The molecule has 0 amide bonds. The summed E-state index contributed by atoms with van der Waals surface area (Å²) >= 11 is 0. The Morgan fingerprint density at radius 1 is 0.895 bits per heavy atom. The highest BCUT2D eigenvalue weighted by molar-refractivity contribution is 4.63. The third-order valence-corrected chi connectivity index (χ3v) is 2.67. The molecule has 5 nitrogen and oxygen atoms in total. The zero-order chi connectivity index (χ0) is 14.3. The molecule has 0 aliphatic carbocycles. The molecule has 0 spiro atoms. The topological polar surface area (TPSA) is 49.0 Å². The Morgan fingerprint density at radius 3 is 2.05 bits per heavy atom. The smallest absolute Gasteiger partial charge is 0.0704 e. The van der Waals surface area contributed by atoms with E-state index in [-0.39, 0.29) is 6.10 Å². The van der Waals surface area contributed by atoms with Crippen molar-refractivity contribution in [1.29, 1.82) is 0 Å². The van der Waals surface area contributed by atoms with E-state index in [2.05, 4.69) is 26.1 Å². The summed E-state index contributed by atoms with van der Waals surface area (Å²) in [7, 11) is 1.66. The Labute approximate surface area is 117 Å². The average Bonchev–Trinajstić information content (AvgIpc) is 2.37. The van der Waals surface area contributed by atoms with Gasteiger partial charge in [-0.1, -0.05) is 6.92 Å². The van der Waals surface area contributed by atoms with Gasteiger partial charge in [0.15, 0.2) is 0 Å². The van der Waals surface area contributed by atoms with E-state index in [0.29, 0.717) is 45.7 Å². The molecule has 5 heteroatoms. The summed E-state index contributed by atoms with van der Waals surface area (Å²) in [6, 6.07) is 0.495. The predicted octanol–water partition coefficient (Wildman–Crippen LogP) is 1.46. The first-order valence-electron chi connectivity index (χ1n) is 7.20. The molecule has 0 aromatic carbocycles. The van der Waals surface area contributed by atoms with Crippen LogP contribution in [0.3, 0.4) is 0 Å². The first kappa shape index (κ1) is 18.8. The van der Waals surface area contributed by atoms with Crippen LogP contribution in [-0.2, 0) is 18.9 Å². The summed E-state index contributed by atoms with van der Waals surface area (Å²) < 4.78 is 21.2. The van der Waals surface area contributed by atoms with Gasteiger partial charge in [0.1, 0.15) is 0 Å². The molecule has 0 bridgehead atoms. The van der Waals surface area contributed by atoms with Crippen molar-refractivity contribution >= 4 is 0 Å². The second kappa shape index (κ2) is 14.2. The number of methoxy groups -OCH3 is 1. The van der Waals surface area contributed by atoms with Crippen molar-refractivity contribution in [1.82, 2.24) is 5.32 Å². The average molecular weight is 277 g/mol. The molecule has 116 valence electrons. The normalized spacial score (nSPS) is 14.5. The van der Waals surface area contributed by atoms with Gasteiger partial charge in [0.05, 0.1) is 45.7 Å². The largest absolute Gasteiger partial charge is 0.382 e. The molecule has 2 atom stereocenters. The van der Waals surface area contributed by atoms with Crippen LogP contribution in [0.5, 0.6) is 0 Å². The maximum atomic E-state index is 5.68. The van der Waals surface area contributed by atoms with Gasteiger partial charge < -0.3 is 24.3 Å². The van der Waals surface area contributed by atoms with Crippen LogP contribution in [0.1, 0.15) is 27.2 Å². The monoisotopic (exact) mass is 277 g/mol. The minimum absolute atomic E-state index is 0.260. The van der Waals surface area contributed by atoms with E-state index < -0.39 is 0 Å². The molecule has 19 heavy (non-hydrogen) atoms. The standard InChI is InChI=1S/C14H31NO4/c1-5-15-13(2)12-14(3)19-11-10-18-9-8-17-7-6-16-4/h13-15H,5-12H2,1-4H3. The van der Waals surface area contributed by atoms with E-state index in [1.54, 1.807) is 7.11 Å². The quantitative estimate of drug-likeness (QED) is 0.487. The molecule has 0 saturated heterocycles. The molecule has 0 aliphatic rings. The minimum atomic E-state index is 0.260. The molecule has 0 saturated carbocycles. The number of hydrogen-bond donors (Lipinski definition) is 1. The van der Waals surface area contributed by atoms with E-state index >= 15 is 0 Å². The van der Waals surface area contributed by atoms with Crippen molar-refractivity contribution in [3.63, 3.8) is 0 Å². The third kappa shape index (κ3) is 14.0. The summed E-state index contributed by atoms with van der Waals surface area (Å²) in [5, 5.41) is 3.37. The second-order valence-electron chi connectivity index (χ2n) is 4.59. The molecule has 0 heterocycles. The van der Waals surface area contributed by atoms with Crippen LogP contribution in [0.2, 0.25) is 0 Å². The van der Waals surface area contributed by atoms with Gasteiger partial charge in [-0.15, -0.1) is 0 Å². The predicted molar refractivity (Wildman–Crippen MR) is 76.7 cm³/mol. The summed E-state index contributed by atoms with van der Waals surface area (Å²) in [5.74, 6) is 0. The maximum absolute atomic E-state index is 5.68. The Balaban J connectivity index is 3.20. The van der Waals surface area contributed by atoms with E-state index in [4.69, 9.17) is 18.9 Å². The van der Waals surface area contributed by atoms with Crippen molar-refractivity contribution in [2.45, 2.75) is 39.3 Å². The van der Waals surface area contributed by atoms with E-state index in [1.807, 2.05) is 0 Å². The lowest BCUT2D eigenvalue weighted by atomic mass is 10.1. The fourth-order valence-electron chi connectivity index (χ4n) is 1.77. The number of nitrogens with one attached hydrogen (secondary N) is 1. The zero-order valence-electron chi connectivity index (χ0n) is 12.9. The van der Waals surface area contributed by atoms with Crippen molar-refractivity contribution in [2.75, 3.05) is 53.3 Å². The lowest BCUT2D eigenvalue weighted by molar-refractivity contribution is -0.0152. The molecule has 1 N–H and O–H groups in total. The lowest BCUT2D eigenvalue weighted by Crippen LogP contribution is -2.30. The molecule has 2 unspecified atom stereocenters. The first-order chi connectivity index (χ1) is 9.20. The van der Waals surface area contributed by atoms with Crippen LogP contribution in [0, 0.1) is 0 Å². The van der Waals surface area contributed by atoms with Gasteiger partial charge in [-0.05, 0) is 26.8 Å². The van der Waals surface area contributed by atoms with Gasteiger partial charge in [-0.2, -0.15) is 0 Å². The Hall–Kier alpha value is -0.200. The third-order valence-electron chi connectivity index (χ3n) is 2.67. The zero-order valence-corrected chi connectivity index (χ0v) is 12.9. The van der Waals surface area contributed by atoms with Crippen molar-refractivity contribution in [3.05, 3.63) is 0 Å². The van der Waals surface area contributed by atoms with Gasteiger partial charge >= 0.3 is 0 Å². The molecule has 0 rings (SSSR count). The Morgan fingerprint density at radius 2 is 1.47 bits per heavy atom. The van der Waals surface area contributed by atoms with Crippen LogP contribution in [0.25, 0.3) is 0 Å². The molecular formula is C14H31NO4. The van der Waals surface area contributed by atoms with Crippen LogP contribution in [-0.4, -0.2) is 65.4 Å². The van der Waals surface area contributed by atoms with Crippen LogP contribution in [0.4, 0.5) is 0 Å². The minimum Gasteiger partial charge on any atom is -0.382 e. The number of rotatable bonds is 14. The molecule has 0 aromatic heterocycles. The fourth-order valence-corrected chi connectivity index (χ4v) is 1.77. The fraction of sp³-hybridized carbons (Fsp3) is 1.00. The molecular weight excluding hydrogens is 246 g/mol. The van der Waals surface area contributed by atoms with Crippen molar-refractivity contribution in [2.24, 2.45) is 0 Å². The van der Waals surface area contributed by atoms with Gasteiger partial charge in [0, 0.05) is 13.2 Å². The SMILES string of the molecule is CCNC(C)CC(C)OCCOCCOCCOC. The van der Waals surface area contributed by atoms with Crippen LogP contribution in [0.15, 0.2) is 0 Å². The Kier molecular flexibility index (Phi) is 14.1. The highest BCUT2D eigenvalue weighted by Crippen LogP contribution is 2.01. The maximum Gasteiger partial charge on any atom is 0.0704 e. The van der Waals surface area contributed by atoms with Crippen molar-refractivity contribution < 1.29 is 18.9 Å². The van der Waals surface area contributed by atoms with E-state index in [9.17, 15) is 0 Å². The lowest BCUT2D eigenvalue weighted by Gasteiger charge is -2.18. The van der Waals surface area contributed by atoms with Crippen LogP contribution >= 0.6 is 0 Å². The second-order valence-corrected chi connectivity index (χ2v) is 4.59. The molecule has 0 aromatic rings. The first-order valence-corrected chi connectivity index (χ1v) is 7.20. The summed E-state index contributed by atoms with van der Waals surface area (Å²) in [4.78, 5) is 0. The van der Waals surface area contributed by atoms with Gasteiger partial charge in [0.2, 0.25) is 0 Å². The van der Waals surface area contributed by atoms with E-state index in [1.165, 1.54) is 0 Å². The van der Waals surface area contributed by atoms with Gasteiger partial charge in [0.25, 0.3) is 0 Å². The summed E-state index contributed by atoms with van der Waals surface area (Å²) in [6.45, 7) is 11.1. The number of hydrogen-bond acceptors (Lipinski definition) is 5.